The lowest BCUT2D eigenvalue weighted by atomic mass is 10.1. The highest BCUT2D eigenvalue weighted by molar-refractivity contribution is 6.31. The molecule has 2 heterocycles. The van der Waals surface area contributed by atoms with E-state index in [1.54, 1.807) is 28.8 Å². The van der Waals surface area contributed by atoms with Gasteiger partial charge >= 0.3 is 5.97 Å². The highest BCUT2D eigenvalue weighted by Gasteiger charge is 2.12. The molecule has 2 aromatic heterocycles. The van der Waals surface area contributed by atoms with E-state index in [0.717, 1.165) is 24.3 Å². The quantitative estimate of drug-likeness (QED) is 0.387. The summed E-state index contributed by atoms with van der Waals surface area (Å²) in [6.45, 7) is -0.602. The molecule has 0 aliphatic carbocycles. The molecule has 0 aliphatic rings. The third-order valence-corrected chi connectivity index (χ3v) is 3.76. The first-order valence-corrected chi connectivity index (χ1v) is 7.79. The van der Waals surface area contributed by atoms with E-state index >= 15 is 0 Å². The van der Waals surface area contributed by atoms with Gasteiger partial charge in [0.25, 0.3) is 0 Å². The van der Waals surface area contributed by atoms with Gasteiger partial charge in [0.1, 0.15) is 5.65 Å². The van der Waals surface area contributed by atoms with Crippen molar-refractivity contribution in [2.75, 3.05) is 6.61 Å². The van der Waals surface area contributed by atoms with Crippen molar-refractivity contribution in [1.29, 1.82) is 0 Å². The van der Waals surface area contributed by atoms with E-state index in [2.05, 4.69) is 4.98 Å². The van der Waals surface area contributed by atoms with Gasteiger partial charge in [-0.05, 0) is 36.4 Å². The second-order valence-electron chi connectivity index (χ2n) is 5.21. The number of nitrogens with zero attached hydrogens (tertiary/aromatic N) is 2. The van der Waals surface area contributed by atoms with Gasteiger partial charge < -0.3 is 4.74 Å². The number of imidazole rings is 1. The van der Waals surface area contributed by atoms with Crippen LogP contribution in [-0.4, -0.2) is 27.7 Å². The number of ether oxygens (including phenoxy) is 1. The van der Waals surface area contributed by atoms with Gasteiger partial charge in [0.2, 0.25) is 0 Å². The van der Waals surface area contributed by atoms with Crippen LogP contribution in [0.2, 0.25) is 5.15 Å². The van der Waals surface area contributed by atoms with Crippen molar-refractivity contribution in [2.24, 2.45) is 0 Å². The zero-order valence-corrected chi connectivity index (χ0v) is 13.9. The molecular formula is C18H11ClF2N2O3. The Morgan fingerprint density at radius 3 is 2.77 bits per heavy atom. The number of ketones is 1. The number of carbonyl (C=O) groups excluding carboxylic acids is 2. The first kappa shape index (κ1) is 17.8. The summed E-state index contributed by atoms with van der Waals surface area (Å²) >= 11 is 6.03. The summed E-state index contributed by atoms with van der Waals surface area (Å²) in [6, 6.07) is 8.02. The molecule has 3 aromatic rings. The van der Waals surface area contributed by atoms with Crippen molar-refractivity contribution in [2.45, 2.75) is 0 Å². The van der Waals surface area contributed by atoms with E-state index < -0.39 is 30.0 Å². The lowest BCUT2D eigenvalue weighted by Crippen LogP contribution is -2.13. The second-order valence-corrected chi connectivity index (χ2v) is 5.57. The van der Waals surface area contributed by atoms with Crippen LogP contribution < -0.4 is 0 Å². The van der Waals surface area contributed by atoms with Gasteiger partial charge in [-0.3, -0.25) is 9.20 Å². The predicted molar refractivity (Wildman–Crippen MR) is 90.9 cm³/mol. The Morgan fingerprint density at radius 2 is 2.00 bits per heavy atom. The Hall–Kier alpha value is -3.06. The van der Waals surface area contributed by atoms with E-state index in [1.807, 2.05) is 0 Å². The van der Waals surface area contributed by atoms with Crippen LogP contribution in [0.25, 0.3) is 11.7 Å². The van der Waals surface area contributed by atoms with E-state index in [9.17, 15) is 18.4 Å². The SMILES string of the molecule is O=C(/C=C/c1c(Cl)nc2ccccn12)OCC(=O)c1ccc(F)c(F)c1. The predicted octanol–water partition coefficient (Wildman–Crippen LogP) is 3.71. The number of carbonyl (C=O) groups is 2. The van der Waals surface area contributed by atoms with Crippen molar-refractivity contribution in [3.8, 4) is 0 Å². The number of aromatic nitrogens is 2. The fourth-order valence-electron chi connectivity index (χ4n) is 2.22. The molecule has 132 valence electrons. The third kappa shape index (κ3) is 3.78. The first-order chi connectivity index (χ1) is 12.5. The molecule has 0 aliphatic heterocycles. The Morgan fingerprint density at radius 1 is 1.19 bits per heavy atom. The number of hydrogen-bond acceptors (Lipinski definition) is 4. The molecule has 0 spiro atoms. The average molecular weight is 377 g/mol. The standard InChI is InChI=1S/C18H11ClF2N2O3/c19-18-14(23-8-2-1-3-16(23)22-18)6-7-17(25)26-10-15(24)11-4-5-12(20)13(21)9-11/h1-9H,10H2/b7-6+. The van der Waals surface area contributed by atoms with Crippen LogP contribution in [0, 0.1) is 11.6 Å². The van der Waals surface area contributed by atoms with Gasteiger partial charge in [0, 0.05) is 17.8 Å². The minimum absolute atomic E-state index is 0.0921. The van der Waals surface area contributed by atoms with Crippen molar-refractivity contribution >= 4 is 35.1 Å². The lowest BCUT2D eigenvalue weighted by Gasteiger charge is -2.02. The second kappa shape index (κ2) is 7.45. The summed E-state index contributed by atoms with van der Waals surface area (Å²) in [7, 11) is 0. The molecule has 0 saturated heterocycles. The molecule has 5 nitrogen and oxygen atoms in total. The summed E-state index contributed by atoms with van der Waals surface area (Å²) in [6.07, 6.45) is 4.24. The molecule has 0 atom stereocenters. The molecule has 0 amide bonds. The van der Waals surface area contributed by atoms with Crippen LogP contribution >= 0.6 is 11.6 Å². The van der Waals surface area contributed by atoms with E-state index in [-0.39, 0.29) is 10.7 Å². The average Bonchev–Trinajstić information content (AvgIpc) is 2.95. The zero-order chi connectivity index (χ0) is 18.7. The zero-order valence-electron chi connectivity index (χ0n) is 13.2. The van der Waals surface area contributed by atoms with Crippen molar-refractivity contribution in [1.82, 2.24) is 9.38 Å². The highest BCUT2D eigenvalue weighted by atomic mass is 35.5. The van der Waals surface area contributed by atoms with Crippen LogP contribution in [-0.2, 0) is 9.53 Å². The van der Waals surface area contributed by atoms with Crippen molar-refractivity contribution in [3.63, 3.8) is 0 Å². The Bertz CT molecular complexity index is 1030. The van der Waals surface area contributed by atoms with E-state index in [4.69, 9.17) is 16.3 Å². The monoisotopic (exact) mass is 376 g/mol. The topological polar surface area (TPSA) is 60.7 Å². The molecule has 0 fully saturated rings. The van der Waals surface area contributed by atoms with Gasteiger partial charge in [0.15, 0.2) is 29.2 Å². The molecule has 0 bridgehead atoms. The fourth-order valence-corrected chi connectivity index (χ4v) is 2.46. The summed E-state index contributed by atoms with van der Waals surface area (Å²) in [4.78, 5) is 27.7. The summed E-state index contributed by atoms with van der Waals surface area (Å²) in [5, 5.41) is 0.207. The Kier molecular flexibility index (Phi) is 5.09. The third-order valence-electron chi connectivity index (χ3n) is 3.49. The molecule has 3 rings (SSSR count). The van der Waals surface area contributed by atoms with Crippen LogP contribution in [0.15, 0.2) is 48.7 Å². The lowest BCUT2D eigenvalue weighted by molar-refractivity contribution is -0.136. The minimum Gasteiger partial charge on any atom is -0.454 e. The molecular weight excluding hydrogens is 366 g/mol. The largest absolute Gasteiger partial charge is 0.454 e. The summed E-state index contributed by atoms with van der Waals surface area (Å²) in [5.74, 6) is -3.66. The number of esters is 1. The van der Waals surface area contributed by atoms with Gasteiger partial charge in [-0.15, -0.1) is 0 Å². The van der Waals surface area contributed by atoms with E-state index in [1.165, 1.54) is 6.08 Å². The molecule has 0 N–H and O–H groups in total. The maximum atomic E-state index is 13.1. The van der Waals surface area contributed by atoms with Crippen molar-refractivity contribution < 1.29 is 23.1 Å². The smallest absolute Gasteiger partial charge is 0.331 e. The highest BCUT2D eigenvalue weighted by Crippen LogP contribution is 2.19. The van der Waals surface area contributed by atoms with Crippen LogP contribution in [0.5, 0.6) is 0 Å². The van der Waals surface area contributed by atoms with Gasteiger partial charge in [-0.25, -0.2) is 18.6 Å². The van der Waals surface area contributed by atoms with Gasteiger partial charge in [0.05, 0.1) is 5.69 Å². The number of fused-ring (bicyclic) bond motifs is 1. The molecule has 0 saturated carbocycles. The number of halogens is 3. The molecule has 8 heteroatoms. The molecule has 0 radical (unpaired) electrons. The van der Waals surface area contributed by atoms with Crippen molar-refractivity contribution in [3.05, 3.63) is 76.7 Å². The number of rotatable bonds is 5. The van der Waals surface area contributed by atoms with Crippen LogP contribution in [0.3, 0.4) is 0 Å². The fraction of sp³-hybridized carbons (Fsp3) is 0.0556. The maximum absolute atomic E-state index is 13.1. The summed E-state index contributed by atoms with van der Waals surface area (Å²) in [5.41, 5.74) is 0.996. The number of Topliss-reactive ketones (excluding diaryl/α,β-unsaturated/α-hetero) is 1. The van der Waals surface area contributed by atoms with Gasteiger partial charge in [-0.1, -0.05) is 17.7 Å². The van der Waals surface area contributed by atoms with Crippen LogP contribution in [0.4, 0.5) is 8.78 Å². The summed E-state index contributed by atoms with van der Waals surface area (Å²) < 4.78 is 32.5. The van der Waals surface area contributed by atoms with E-state index in [0.29, 0.717) is 11.3 Å². The van der Waals surface area contributed by atoms with Gasteiger partial charge in [-0.2, -0.15) is 0 Å². The Labute approximate surface area is 151 Å². The normalized spacial score (nSPS) is 11.2. The Balaban J connectivity index is 1.65. The molecule has 0 unspecified atom stereocenters. The minimum atomic E-state index is -1.15. The number of pyridine rings is 1. The first-order valence-electron chi connectivity index (χ1n) is 7.41. The molecule has 1 aromatic carbocycles. The van der Waals surface area contributed by atoms with Crippen LogP contribution in [0.1, 0.15) is 16.1 Å². The number of benzene rings is 1. The maximum Gasteiger partial charge on any atom is 0.331 e. The number of hydrogen-bond donors (Lipinski definition) is 0. The molecule has 26 heavy (non-hydrogen) atoms.